The molecule has 0 aromatic heterocycles. The summed E-state index contributed by atoms with van der Waals surface area (Å²) >= 11 is 0. The number of alkyl carbamates (subject to hydrolysis) is 1. The van der Waals surface area contributed by atoms with E-state index in [2.05, 4.69) is 16.0 Å². The Morgan fingerprint density at radius 1 is 0.886 bits per heavy atom. The molecule has 0 radical (unpaired) electrons. The summed E-state index contributed by atoms with van der Waals surface area (Å²) in [7, 11) is 4.43. The average Bonchev–Trinajstić information content (AvgIpc) is 2.81. The van der Waals surface area contributed by atoms with Gasteiger partial charge in [-0.2, -0.15) is 0 Å². The number of hydrogen-bond acceptors (Lipinski definition) is 7. The summed E-state index contributed by atoms with van der Waals surface area (Å²) in [4.78, 5) is 36.9. The molecule has 0 aliphatic carbocycles. The first-order valence-electron chi connectivity index (χ1n) is 11.0. The summed E-state index contributed by atoms with van der Waals surface area (Å²) in [5, 5.41) is 8.19. The molecule has 2 aromatic carbocycles. The first kappa shape index (κ1) is 27.3. The largest absolute Gasteiger partial charge is 0.493 e. The van der Waals surface area contributed by atoms with E-state index in [0.717, 1.165) is 0 Å². The lowest BCUT2D eigenvalue weighted by Crippen LogP contribution is -2.34. The van der Waals surface area contributed by atoms with Crippen LogP contribution in [-0.2, 0) is 16.1 Å². The number of para-hydroxylation sites is 1. The van der Waals surface area contributed by atoms with Gasteiger partial charge in [0, 0.05) is 30.8 Å². The Bertz CT molecular complexity index is 1020. The summed E-state index contributed by atoms with van der Waals surface area (Å²) in [6.07, 6.45) is -0.522. The summed E-state index contributed by atoms with van der Waals surface area (Å²) in [6.45, 7) is 5.58. The quantitative estimate of drug-likeness (QED) is 0.469. The van der Waals surface area contributed by atoms with Crippen molar-refractivity contribution in [2.24, 2.45) is 0 Å². The van der Waals surface area contributed by atoms with Crippen molar-refractivity contribution in [3.05, 3.63) is 47.5 Å². The highest BCUT2D eigenvalue weighted by Crippen LogP contribution is 2.38. The number of anilines is 1. The van der Waals surface area contributed by atoms with E-state index in [0.29, 0.717) is 34.1 Å². The van der Waals surface area contributed by atoms with E-state index in [1.54, 1.807) is 57.2 Å². The Hall–Kier alpha value is -3.95. The van der Waals surface area contributed by atoms with Crippen LogP contribution >= 0.6 is 0 Å². The monoisotopic (exact) mass is 487 g/mol. The van der Waals surface area contributed by atoms with Crippen LogP contribution in [0.1, 0.15) is 43.1 Å². The molecular formula is C25H33N3O7. The smallest absolute Gasteiger partial charge is 0.407 e. The summed E-state index contributed by atoms with van der Waals surface area (Å²) in [5.74, 6) is 0.478. The molecule has 0 unspecified atom stereocenters. The van der Waals surface area contributed by atoms with Crippen molar-refractivity contribution >= 4 is 23.6 Å². The van der Waals surface area contributed by atoms with Gasteiger partial charge in [0.25, 0.3) is 5.91 Å². The minimum Gasteiger partial charge on any atom is -0.493 e. The Kier molecular flexibility index (Phi) is 9.74. The van der Waals surface area contributed by atoms with Crippen LogP contribution < -0.4 is 30.2 Å². The lowest BCUT2D eigenvalue weighted by Gasteiger charge is -2.19. The molecule has 35 heavy (non-hydrogen) atoms. The fourth-order valence-electron chi connectivity index (χ4n) is 3.09. The van der Waals surface area contributed by atoms with Gasteiger partial charge in [-0.05, 0) is 44.5 Å². The van der Waals surface area contributed by atoms with E-state index in [1.165, 1.54) is 21.3 Å². The third-order valence-corrected chi connectivity index (χ3v) is 4.68. The van der Waals surface area contributed by atoms with E-state index in [9.17, 15) is 14.4 Å². The second-order valence-corrected chi connectivity index (χ2v) is 8.48. The van der Waals surface area contributed by atoms with Crippen molar-refractivity contribution in [3.63, 3.8) is 0 Å². The van der Waals surface area contributed by atoms with Gasteiger partial charge in [0.1, 0.15) is 5.60 Å². The molecule has 3 amide bonds. The zero-order valence-electron chi connectivity index (χ0n) is 20.9. The van der Waals surface area contributed by atoms with Gasteiger partial charge in [0.2, 0.25) is 11.7 Å². The normalized spacial score (nSPS) is 10.7. The van der Waals surface area contributed by atoms with Gasteiger partial charge in [-0.1, -0.05) is 18.2 Å². The average molecular weight is 488 g/mol. The summed E-state index contributed by atoms with van der Waals surface area (Å²) < 4.78 is 21.0. The molecule has 10 nitrogen and oxygen atoms in total. The van der Waals surface area contributed by atoms with Gasteiger partial charge < -0.3 is 34.9 Å². The summed E-state index contributed by atoms with van der Waals surface area (Å²) in [6, 6.07) is 10.2. The van der Waals surface area contributed by atoms with Crippen molar-refractivity contribution < 1.29 is 33.3 Å². The molecule has 0 saturated carbocycles. The summed E-state index contributed by atoms with van der Waals surface area (Å²) in [5.41, 5.74) is 0.980. The van der Waals surface area contributed by atoms with E-state index >= 15 is 0 Å². The zero-order valence-corrected chi connectivity index (χ0v) is 20.9. The van der Waals surface area contributed by atoms with E-state index in [4.69, 9.17) is 18.9 Å². The molecule has 0 spiro atoms. The van der Waals surface area contributed by atoms with Gasteiger partial charge in [-0.25, -0.2) is 4.79 Å². The van der Waals surface area contributed by atoms with Crippen LogP contribution in [0.2, 0.25) is 0 Å². The molecule has 0 atom stereocenters. The molecule has 3 N–H and O–H groups in total. The van der Waals surface area contributed by atoms with Gasteiger partial charge in [-0.15, -0.1) is 0 Å². The number of nitrogens with one attached hydrogen (secondary N) is 3. The molecule has 0 bridgehead atoms. The van der Waals surface area contributed by atoms with Crippen LogP contribution in [0.4, 0.5) is 10.5 Å². The third kappa shape index (κ3) is 8.40. The maximum Gasteiger partial charge on any atom is 0.407 e. The van der Waals surface area contributed by atoms with Gasteiger partial charge in [0.15, 0.2) is 11.5 Å². The van der Waals surface area contributed by atoms with Crippen LogP contribution in [-0.4, -0.2) is 51.4 Å². The van der Waals surface area contributed by atoms with Crippen molar-refractivity contribution in [3.8, 4) is 17.2 Å². The minimum absolute atomic E-state index is 0.0609. The van der Waals surface area contributed by atoms with E-state index in [1.807, 2.05) is 0 Å². The van der Waals surface area contributed by atoms with Crippen molar-refractivity contribution in [1.82, 2.24) is 10.6 Å². The Morgan fingerprint density at radius 2 is 1.51 bits per heavy atom. The molecule has 190 valence electrons. The number of carbonyl (C=O) groups is 3. The highest BCUT2D eigenvalue weighted by molar-refractivity contribution is 5.96. The minimum atomic E-state index is -0.613. The molecule has 0 saturated heterocycles. The zero-order chi connectivity index (χ0) is 26.0. The molecule has 2 aromatic rings. The van der Waals surface area contributed by atoms with Crippen LogP contribution in [0.5, 0.6) is 17.2 Å². The highest BCUT2D eigenvalue weighted by atomic mass is 16.6. The Labute approximate surface area is 205 Å². The van der Waals surface area contributed by atoms with Crippen molar-refractivity contribution in [1.29, 1.82) is 0 Å². The number of amides is 3. The van der Waals surface area contributed by atoms with E-state index < -0.39 is 11.7 Å². The maximum absolute atomic E-state index is 12.8. The molecule has 0 aliphatic heterocycles. The topological polar surface area (TPSA) is 124 Å². The van der Waals surface area contributed by atoms with Gasteiger partial charge >= 0.3 is 6.09 Å². The van der Waals surface area contributed by atoms with Crippen LogP contribution in [0, 0.1) is 0 Å². The van der Waals surface area contributed by atoms with Crippen LogP contribution in [0.25, 0.3) is 0 Å². The number of benzene rings is 2. The van der Waals surface area contributed by atoms with Crippen molar-refractivity contribution in [2.75, 3.05) is 33.2 Å². The molecular weight excluding hydrogens is 454 g/mol. The lowest BCUT2D eigenvalue weighted by atomic mass is 10.1. The second kappa shape index (κ2) is 12.5. The molecule has 0 heterocycles. The molecule has 0 fully saturated rings. The number of ether oxygens (including phenoxy) is 4. The Balaban J connectivity index is 1.98. The Morgan fingerprint density at radius 3 is 2.09 bits per heavy atom. The van der Waals surface area contributed by atoms with Gasteiger partial charge in [-0.3, -0.25) is 9.59 Å². The first-order valence-corrected chi connectivity index (χ1v) is 11.0. The molecule has 10 heteroatoms. The number of rotatable bonds is 10. The molecule has 0 aliphatic rings. The van der Waals surface area contributed by atoms with E-state index in [-0.39, 0.29) is 31.3 Å². The predicted octanol–water partition coefficient (Wildman–Crippen LogP) is 3.50. The van der Waals surface area contributed by atoms with Crippen LogP contribution in [0.3, 0.4) is 0 Å². The van der Waals surface area contributed by atoms with Gasteiger partial charge in [0.05, 0.1) is 21.3 Å². The van der Waals surface area contributed by atoms with Crippen molar-refractivity contribution in [2.45, 2.75) is 39.3 Å². The fraction of sp³-hybridized carbons (Fsp3) is 0.400. The molecule has 2 rings (SSSR count). The standard InChI is InChI=1S/C25H33N3O7/c1-25(2,3)35-24(31)26-12-11-21(29)28-18-10-8-7-9-16(18)15-27-23(30)17-13-19(32-4)22(34-6)20(14-17)33-5/h7-10,13-14H,11-12,15H2,1-6H3,(H,26,31)(H,27,30)(H,28,29). The maximum atomic E-state index is 12.8. The lowest BCUT2D eigenvalue weighted by molar-refractivity contribution is -0.116. The SMILES string of the molecule is COc1cc(C(=O)NCc2ccccc2NC(=O)CCNC(=O)OC(C)(C)C)cc(OC)c1OC. The highest BCUT2D eigenvalue weighted by Gasteiger charge is 2.18. The van der Waals surface area contributed by atoms with Crippen LogP contribution in [0.15, 0.2) is 36.4 Å². The predicted molar refractivity (Wildman–Crippen MR) is 131 cm³/mol. The number of methoxy groups -OCH3 is 3. The second-order valence-electron chi connectivity index (χ2n) is 8.48. The number of hydrogen-bond donors (Lipinski definition) is 3. The third-order valence-electron chi connectivity index (χ3n) is 4.68. The first-order chi connectivity index (χ1) is 16.6. The fourth-order valence-corrected chi connectivity index (χ4v) is 3.09. The number of carbonyl (C=O) groups excluding carboxylic acids is 3.